The Morgan fingerprint density at radius 2 is 2.00 bits per heavy atom. The normalized spacial score (nSPS) is 19.9. The molecule has 1 saturated carbocycles. The van der Waals surface area contributed by atoms with E-state index < -0.39 is 0 Å². The van der Waals surface area contributed by atoms with Gasteiger partial charge in [0.25, 0.3) is 0 Å². The molecule has 15 heavy (non-hydrogen) atoms. The monoisotopic (exact) mass is 211 g/mol. The Balaban J connectivity index is 2.49. The molecule has 0 aliphatic heterocycles. The van der Waals surface area contributed by atoms with Crippen LogP contribution in [-0.4, -0.2) is 23.3 Å². The standard InChI is InChI=1S/C11H21N3O/c1-7(10(15)14-11(2,3)4)13-9(12)8-5-6-8/h7-8H,5-6H2,1-4H3,(H2,12,13)(H,14,15). The molecule has 1 rings (SSSR count). The van der Waals surface area contributed by atoms with Crippen LogP contribution in [0, 0.1) is 5.92 Å². The van der Waals surface area contributed by atoms with Crippen molar-refractivity contribution in [2.24, 2.45) is 16.6 Å². The Kier molecular flexibility index (Phi) is 3.37. The molecule has 4 nitrogen and oxygen atoms in total. The van der Waals surface area contributed by atoms with Crippen LogP contribution < -0.4 is 11.1 Å². The minimum Gasteiger partial charge on any atom is -0.387 e. The number of amidine groups is 1. The molecule has 4 heteroatoms. The molecule has 0 spiro atoms. The summed E-state index contributed by atoms with van der Waals surface area (Å²) >= 11 is 0. The summed E-state index contributed by atoms with van der Waals surface area (Å²) in [6.45, 7) is 7.62. The first-order chi connectivity index (χ1) is 6.79. The zero-order valence-corrected chi connectivity index (χ0v) is 10.0. The Morgan fingerprint density at radius 1 is 1.47 bits per heavy atom. The fraction of sp³-hybridized carbons (Fsp3) is 0.818. The highest BCUT2D eigenvalue weighted by Gasteiger charge is 2.27. The lowest BCUT2D eigenvalue weighted by molar-refractivity contribution is -0.123. The summed E-state index contributed by atoms with van der Waals surface area (Å²) in [6, 6.07) is -0.384. The quantitative estimate of drug-likeness (QED) is 0.541. The lowest BCUT2D eigenvalue weighted by Crippen LogP contribution is -2.45. The van der Waals surface area contributed by atoms with Crippen LogP contribution >= 0.6 is 0 Å². The Labute approximate surface area is 91.3 Å². The minimum atomic E-state index is -0.384. The number of hydrogen-bond acceptors (Lipinski definition) is 2. The molecule has 0 radical (unpaired) electrons. The van der Waals surface area contributed by atoms with E-state index in [0.717, 1.165) is 12.8 Å². The summed E-state index contributed by atoms with van der Waals surface area (Å²) in [4.78, 5) is 15.9. The Hall–Kier alpha value is -1.06. The van der Waals surface area contributed by atoms with Gasteiger partial charge in [-0.05, 0) is 40.5 Å². The molecule has 1 amide bonds. The second kappa shape index (κ2) is 4.21. The molecule has 0 aromatic rings. The van der Waals surface area contributed by atoms with Crippen LogP contribution in [0.2, 0.25) is 0 Å². The Bertz CT molecular complexity index is 274. The van der Waals surface area contributed by atoms with Gasteiger partial charge in [0, 0.05) is 11.5 Å². The van der Waals surface area contributed by atoms with E-state index in [0.29, 0.717) is 11.8 Å². The number of nitrogens with one attached hydrogen (secondary N) is 1. The predicted octanol–water partition coefficient (Wildman–Crippen LogP) is 1.06. The van der Waals surface area contributed by atoms with Gasteiger partial charge < -0.3 is 11.1 Å². The molecular formula is C11H21N3O. The van der Waals surface area contributed by atoms with Crippen molar-refractivity contribution < 1.29 is 4.79 Å². The van der Waals surface area contributed by atoms with Gasteiger partial charge in [0.15, 0.2) is 0 Å². The van der Waals surface area contributed by atoms with Gasteiger partial charge in [-0.25, -0.2) is 0 Å². The van der Waals surface area contributed by atoms with Crippen LogP contribution in [0.1, 0.15) is 40.5 Å². The maximum atomic E-state index is 11.7. The molecule has 1 fully saturated rings. The smallest absolute Gasteiger partial charge is 0.244 e. The second-order valence-electron chi connectivity index (χ2n) is 5.24. The summed E-state index contributed by atoms with van der Waals surface area (Å²) in [6.07, 6.45) is 2.23. The van der Waals surface area contributed by atoms with E-state index in [1.54, 1.807) is 6.92 Å². The van der Waals surface area contributed by atoms with Gasteiger partial charge >= 0.3 is 0 Å². The van der Waals surface area contributed by atoms with Crippen LogP contribution in [0.25, 0.3) is 0 Å². The van der Waals surface area contributed by atoms with Crippen LogP contribution in [0.3, 0.4) is 0 Å². The highest BCUT2D eigenvalue weighted by Crippen LogP contribution is 2.28. The first-order valence-electron chi connectivity index (χ1n) is 5.45. The first kappa shape index (κ1) is 12.0. The molecule has 0 bridgehead atoms. The highest BCUT2D eigenvalue weighted by atomic mass is 16.2. The average Bonchev–Trinajstić information content (AvgIpc) is 2.82. The summed E-state index contributed by atoms with van der Waals surface area (Å²) in [5.41, 5.74) is 5.54. The van der Waals surface area contributed by atoms with Crippen molar-refractivity contribution in [3.05, 3.63) is 0 Å². The van der Waals surface area contributed by atoms with Gasteiger partial charge in [-0.3, -0.25) is 9.79 Å². The third-order valence-corrected chi connectivity index (χ3v) is 2.22. The number of aliphatic imine (C=N–C) groups is 1. The molecule has 1 atom stereocenters. The predicted molar refractivity (Wildman–Crippen MR) is 61.7 cm³/mol. The molecule has 1 unspecified atom stereocenters. The van der Waals surface area contributed by atoms with E-state index in [-0.39, 0.29) is 17.5 Å². The van der Waals surface area contributed by atoms with Crippen LogP contribution in [0.5, 0.6) is 0 Å². The van der Waals surface area contributed by atoms with Gasteiger partial charge in [-0.1, -0.05) is 0 Å². The van der Waals surface area contributed by atoms with Gasteiger partial charge in [-0.2, -0.15) is 0 Å². The maximum Gasteiger partial charge on any atom is 0.244 e. The first-order valence-corrected chi connectivity index (χ1v) is 5.45. The fourth-order valence-corrected chi connectivity index (χ4v) is 1.24. The van der Waals surface area contributed by atoms with E-state index in [2.05, 4.69) is 10.3 Å². The summed E-state index contributed by atoms with van der Waals surface area (Å²) in [5.74, 6) is 0.993. The van der Waals surface area contributed by atoms with Crippen molar-refractivity contribution in [3.63, 3.8) is 0 Å². The largest absolute Gasteiger partial charge is 0.387 e. The number of nitrogens with zero attached hydrogens (tertiary/aromatic N) is 1. The molecular weight excluding hydrogens is 190 g/mol. The molecule has 0 aromatic carbocycles. The van der Waals surface area contributed by atoms with Crippen molar-refractivity contribution in [1.82, 2.24) is 5.32 Å². The second-order valence-corrected chi connectivity index (χ2v) is 5.24. The van der Waals surface area contributed by atoms with Crippen LogP contribution in [-0.2, 0) is 4.79 Å². The molecule has 3 N–H and O–H groups in total. The fourth-order valence-electron chi connectivity index (χ4n) is 1.24. The van der Waals surface area contributed by atoms with E-state index in [9.17, 15) is 4.79 Å². The molecule has 0 aromatic heterocycles. The van der Waals surface area contributed by atoms with Gasteiger partial charge in [0.2, 0.25) is 5.91 Å². The van der Waals surface area contributed by atoms with Gasteiger partial charge in [0.1, 0.15) is 6.04 Å². The van der Waals surface area contributed by atoms with E-state index in [4.69, 9.17) is 5.73 Å². The highest BCUT2D eigenvalue weighted by molar-refractivity contribution is 5.89. The third-order valence-electron chi connectivity index (χ3n) is 2.22. The van der Waals surface area contributed by atoms with Crippen molar-refractivity contribution in [2.75, 3.05) is 0 Å². The van der Waals surface area contributed by atoms with Crippen LogP contribution in [0.15, 0.2) is 4.99 Å². The number of amides is 1. The number of nitrogens with two attached hydrogens (primary N) is 1. The molecule has 0 saturated heterocycles. The maximum absolute atomic E-state index is 11.7. The number of rotatable bonds is 3. The zero-order valence-electron chi connectivity index (χ0n) is 10.0. The number of hydrogen-bond donors (Lipinski definition) is 2. The SMILES string of the molecule is CC(N=C(N)C1CC1)C(=O)NC(C)(C)C. The lowest BCUT2D eigenvalue weighted by Gasteiger charge is -2.22. The van der Waals surface area contributed by atoms with E-state index >= 15 is 0 Å². The molecule has 0 heterocycles. The third kappa shape index (κ3) is 4.32. The average molecular weight is 211 g/mol. The van der Waals surface area contributed by atoms with Gasteiger partial charge in [0.05, 0.1) is 5.84 Å². The number of carbonyl (C=O) groups excluding carboxylic acids is 1. The molecule has 1 aliphatic carbocycles. The Morgan fingerprint density at radius 3 is 2.40 bits per heavy atom. The molecule has 1 aliphatic rings. The summed E-state index contributed by atoms with van der Waals surface area (Å²) < 4.78 is 0. The lowest BCUT2D eigenvalue weighted by atomic mass is 10.1. The van der Waals surface area contributed by atoms with Crippen molar-refractivity contribution in [2.45, 2.75) is 52.1 Å². The van der Waals surface area contributed by atoms with Crippen molar-refractivity contribution in [1.29, 1.82) is 0 Å². The summed E-state index contributed by atoms with van der Waals surface area (Å²) in [5, 5.41) is 2.88. The zero-order chi connectivity index (χ0) is 11.6. The number of carbonyl (C=O) groups is 1. The minimum absolute atomic E-state index is 0.0638. The van der Waals surface area contributed by atoms with E-state index in [1.165, 1.54) is 0 Å². The van der Waals surface area contributed by atoms with Crippen molar-refractivity contribution in [3.8, 4) is 0 Å². The van der Waals surface area contributed by atoms with Gasteiger partial charge in [-0.15, -0.1) is 0 Å². The van der Waals surface area contributed by atoms with E-state index in [1.807, 2.05) is 20.8 Å². The van der Waals surface area contributed by atoms with Crippen molar-refractivity contribution >= 4 is 11.7 Å². The topological polar surface area (TPSA) is 67.5 Å². The van der Waals surface area contributed by atoms with Crippen LogP contribution in [0.4, 0.5) is 0 Å². The molecule has 86 valence electrons. The summed E-state index contributed by atoms with van der Waals surface area (Å²) in [7, 11) is 0.